The van der Waals surface area contributed by atoms with Gasteiger partial charge < -0.3 is 10.1 Å². The molecule has 0 bridgehead atoms. The van der Waals surface area contributed by atoms with Gasteiger partial charge in [-0.25, -0.2) is 8.42 Å². The van der Waals surface area contributed by atoms with Crippen molar-refractivity contribution in [3.63, 3.8) is 0 Å². The van der Waals surface area contributed by atoms with Crippen molar-refractivity contribution in [1.29, 1.82) is 0 Å². The molecular formula is C10H18F3NO3S. The van der Waals surface area contributed by atoms with Crippen molar-refractivity contribution in [3.8, 4) is 0 Å². The van der Waals surface area contributed by atoms with Crippen molar-refractivity contribution < 1.29 is 26.3 Å². The summed E-state index contributed by atoms with van der Waals surface area (Å²) < 4.78 is 62.5. The maximum absolute atomic E-state index is 11.7. The van der Waals surface area contributed by atoms with E-state index in [1.165, 1.54) is 0 Å². The first-order valence-electron chi connectivity index (χ1n) is 5.88. The highest BCUT2D eigenvalue weighted by atomic mass is 32.2. The molecule has 1 N–H and O–H groups in total. The molecule has 1 saturated heterocycles. The van der Waals surface area contributed by atoms with Gasteiger partial charge in [-0.2, -0.15) is 13.2 Å². The van der Waals surface area contributed by atoms with E-state index in [9.17, 15) is 21.6 Å². The molecule has 1 rings (SSSR count). The highest BCUT2D eigenvalue weighted by Crippen LogP contribution is 2.19. The summed E-state index contributed by atoms with van der Waals surface area (Å²) >= 11 is 0. The molecule has 0 aromatic rings. The zero-order chi connectivity index (χ0) is 13.6. The fourth-order valence-electron chi connectivity index (χ4n) is 1.84. The van der Waals surface area contributed by atoms with E-state index in [1.807, 2.05) is 0 Å². The lowest BCUT2D eigenvalue weighted by atomic mass is 10.2. The molecule has 0 saturated carbocycles. The Bertz CT molecular complexity index is 343. The Hall–Kier alpha value is -0.340. The van der Waals surface area contributed by atoms with Gasteiger partial charge in [0.25, 0.3) is 0 Å². The highest BCUT2D eigenvalue weighted by Gasteiger charge is 2.30. The van der Waals surface area contributed by atoms with E-state index < -0.39 is 22.6 Å². The number of halogens is 3. The van der Waals surface area contributed by atoms with Crippen molar-refractivity contribution in [1.82, 2.24) is 5.32 Å². The number of nitrogens with one attached hydrogen (secondary N) is 1. The maximum Gasteiger partial charge on any atom is 0.411 e. The number of hydrogen-bond donors (Lipinski definition) is 1. The Morgan fingerprint density at radius 1 is 1.33 bits per heavy atom. The fraction of sp³-hybridized carbons (Fsp3) is 1.00. The summed E-state index contributed by atoms with van der Waals surface area (Å²) in [4.78, 5) is 0. The minimum Gasteiger partial charge on any atom is -0.372 e. The smallest absolute Gasteiger partial charge is 0.372 e. The topological polar surface area (TPSA) is 55.4 Å². The predicted octanol–water partition coefficient (Wildman–Crippen LogP) is 1.12. The quantitative estimate of drug-likeness (QED) is 0.714. The summed E-state index contributed by atoms with van der Waals surface area (Å²) in [6.07, 6.45) is -2.49. The van der Waals surface area contributed by atoms with Crippen LogP contribution in [0.15, 0.2) is 0 Å². The second kappa shape index (κ2) is 6.72. The number of rotatable bonds is 7. The summed E-state index contributed by atoms with van der Waals surface area (Å²) in [5.41, 5.74) is 0. The Kier molecular flexibility index (Phi) is 5.87. The van der Waals surface area contributed by atoms with Gasteiger partial charge in [0.05, 0.1) is 11.0 Å². The lowest BCUT2D eigenvalue weighted by molar-refractivity contribution is -0.173. The lowest BCUT2D eigenvalue weighted by Gasteiger charge is -2.11. The van der Waals surface area contributed by atoms with Gasteiger partial charge in [0, 0.05) is 13.2 Å². The molecule has 8 heteroatoms. The Balaban J connectivity index is 1.99. The molecule has 0 spiro atoms. The molecule has 1 heterocycles. The summed E-state index contributed by atoms with van der Waals surface area (Å²) in [6.45, 7) is -0.376. The molecule has 1 aliphatic rings. The molecule has 18 heavy (non-hydrogen) atoms. The van der Waals surface area contributed by atoms with Gasteiger partial charge in [-0.1, -0.05) is 0 Å². The van der Waals surface area contributed by atoms with Gasteiger partial charge in [-0.05, 0) is 25.8 Å². The Morgan fingerprint density at radius 2 is 2.06 bits per heavy atom. The first kappa shape index (κ1) is 15.7. The molecule has 0 aromatic carbocycles. The van der Waals surface area contributed by atoms with Gasteiger partial charge in [0.1, 0.15) is 6.61 Å². The van der Waals surface area contributed by atoms with Gasteiger partial charge in [0.15, 0.2) is 9.84 Å². The van der Waals surface area contributed by atoms with Crippen molar-refractivity contribution in [2.75, 3.05) is 32.1 Å². The molecule has 1 unspecified atom stereocenters. The average Bonchev–Trinajstić information content (AvgIpc) is 2.55. The molecule has 1 atom stereocenters. The standard InChI is InChI=1S/C10H18F3NO3S/c11-10(12,13)8-17-5-2-4-14-7-9-3-1-6-18(9,15)16/h9,14H,1-8H2. The van der Waals surface area contributed by atoms with Crippen LogP contribution in [0.25, 0.3) is 0 Å². The van der Waals surface area contributed by atoms with Crippen LogP contribution in [0, 0.1) is 0 Å². The lowest BCUT2D eigenvalue weighted by Crippen LogP contribution is -2.31. The van der Waals surface area contributed by atoms with E-state index in [0.717, 1.165) is 0 Å². The van der Waals surface area contributed by atoms with E-state index in [-0.39, 0.29) is 17.6 Å². The minimum atomic E-state index is -4.29. The number of alkyl halides is 3. The van der Waals surface area contributed by atoms with Gasteiger partial charge >= 0.3 is 6.18 Å². The third-order valence-corrected chi connectivity index (χ3v) is 5.02. The third kappa shape index (κ3) is 6.01. The van der Waals surface area contributed by atoms with Crippen LogP contribution in [0.3, 0.4) is 0 Å². The monoisotopic (exact) mass is 289 g/mol. The molecule has 0 aromatic heterocycles. The third-order valence-electron chi connectivity index (χ3n) is 2.74. The normalized spacial score (nSPS) is 23.4. The second-order valence-corrected chi connectivity index (χ2v) is 6.76. The van der Waals surface area contributed by atoms with Crippen LogP contribution in [0.1, 0.15) is 19.3 Å². The summed E-state index contributed by atoms with van der Waals surface area (Å²) in [5, 5.41) is 2.60. The van der Waals surface area contributed by atoms with E-state index >= 15 is 0 Å². The largest absolute Gasteiger partial charge is 0.411 e. The number of ether oxygens (including phenoxy) is 1. The van der Waals surface area contributed by atoms with Crippen LogP contribution in [0.4, 0.5) is 13.2 Å². The van der Waals surface area contributed by atoms with Crippen LogP contribution in [0.2, 0.25) is 0 Å². The van der Waals surface area contributed by atoms with Crippen LogP contribution in [0.5, 0.6) is 0 Å². The SMILES string of the molecule is O=S1(=O)CCCC1CNCCCOCC(F)(F)F. The number of sulfone groups is 1. The van der Waals surface area contributed by atoms with E-state index in [2.05, 4.69) is 10.1 Å². The van der Waals surface area contributed by atoms with Crippen molar-refractivity contribution in [3.05, 3.63) is 0 Å². The first-order chi connectivity index (χ1) is 8.31. The van der Waals surface area contributed by atoms with Gasteiger partial charge in [-0.15, -0.1) is 0 Å². The molecular weight excluding hydrogens is 271 g/mol. The van der Waals surface area contributed by atoms with E-state index in [1.54, 1.807) is 0 Å². The van der Waals surface area contributed by atoms with Crippen molar-refractivity contribution >= 4 is 9.84 Å². The molecule has 0 radical (unpaired) electrons. The summed E-state index contributed by atoms with van der Waals surface area (Å²) in [5.74, 6) is 0.244. The van der Waals surface area contributed by atoms with Crippen LogP contribution < -0.4 is 5.32 Å². The molecule has 1 aliphatic heterocycles. The highest BCUT2D eigenvalue weighted by molar-refractivity contribution is 7.92. The molecule has 108 valence electrons. The molecule has 0 aliphatic carbocycles. The predicted molar refractivity (Wildman–Crippen MR) is 61.2 cm³/mol. The van der Waals surface area contributed by atoms with E-state index in [0.29, 0.717) is 32.4 Å². The van der Waals surface area contributed by atoms with Crippen LogP contribution in [-0.2, 0) is 14.6 Å². The Labute approximate surface area is 105 Å². The Morgan fingerprint density at radius 3 is 2.61 bits per heavy atom. The average molecular weight is 289 g/mol. The zero-order valence-corrected chi connectivity index (χ0v) is 10.8. The minimum absolute atomic E-state index is 0.0178. The number of hydrogen-bond acceptors (Lipinski definition) is 4. The molecule has 4 nitrogen and oxygen atoms in total. The fourth-order valence-corrected chi connectivity index (χ4v) is 3.64. The second-order valence-electron chi connectivity index (χ2n) is 4.36. The molecule has 0 amide bonds. The first-order valence-corrected chi connectivity index (χ1v) is 7.59. The summed E-state index contributed by atoms with van der Waals surface area (Å²) in [6, 6.07) is 0. The zero-order valence-electron chi connectivity index (χ0n) is 10.0. The van der Waals surface area contributed by atoms with Gasteiger partial charge in [0.2, 0.25) is 0 Å². The maximum atomic E-state index is 11.7. The summed E-state index contributed by atoms with van der Waals surface area (Å²) in [7, 11) is -2.95. The van der Waals surface area contributed by atoms with Crippen molar-refractivity contribution in [2.24, 2.45) is 0 Å². The van der Waals surface area contributed by atoms with E-state index in [4.69, 9.17) is 0 Å². The van der Waals surface area contributed by atoms with Crippen LogP contribution >= 0.6 is 0 Å². The van der Waals surface area contributed by atoms with Gasteiger partial charge in [-0.3, -0.25) is 0 Å². The molecule has 1 fully saturated rings. The van der Waals surface area contributed by atoms with Crippen molar-refractivity contribution in [2.45, 2.75) is 30.7 Å². The van der Waals surface area contributed by atoms with Crippen LogP contribution in [-0.4, -0.2) is 51.9 Å².